The molecule has 3 saturated carbocycles. The van der Waals surface area contributed by atoms with Crippen LogP contribution in [0.5, 0.6) is 0 Å². The van der Waals surface area contributed by atoms with Gasteiger partial charge in [-0.15, -0.1) is 0 Å². The van der Waals surface area contributed by atoms with Crippen molar-refractivity contribution in [2.45, 2.75) is 78.8 Å². The lowest BCUT2D eigenvalue weighted by molar-refractivity contribution is -0.208. The molecule has 3 unspecified atom stereocenters. The molecular weight excluding hydrogens is 223 g/mol. The third-order valence-corrected chi connectivity index (χ3v) is 5.66. The molecule has 0 N–H and O–H groups in total. The van der Waals surface area contributed by atoms with E-state index in [1.807, 2.05) is 13.8 Å². The number of rotatable bonds is 2. The molecule has 0 spiro atoms. The van der Waals surface area contributed by atoms with Crippen LogP contribution in [0, 0.1) is 17.3 Å². The van der Waals surface area contributed by atoms with E-state index in [9.17, 15) is 0 Å². The SMILES string of the molecule is CC.CCB1OC2CC3CC(C3(C)C)[C@]2(CC)O1. The second kappa shape index (κ2) is 4.83. The summed E-state index contributed by atoms with van der Waals surface area (Å²) in [5.74, 6) is 1.58. The average molecular weight is 252 g/mol. The van der Waals surface area contributed by atoms with E-state index in [1.165, 1.54) is 12.8 Å². The zero-order valence-corrected chi connectivity index (χ0v) is 13.0. The monoisotopic (exact) mass is 252 g/mol. The third kappa shape index (κ3) is 1.70. The maximum absolute atomic E-state index is 6.31. The highest BCUT2D eigenvalue weighted by Gasteiger charge is 2.68. The van der Waals surface area contributed by atoms with Gasteiger partial charge in [-0.05, 0) is 42.8 Å². The van der Waals surface area contributed by atoms with Crippen LogP contribution in [0.3, 0.4) is 0 Å². The Balaban J connectivity index is 0.000000574. The Bertz CT molecular complexity index is 305. The molecule has 1 aliphatic heterocycles. The van der Waals surface area contributed by atoms with Crippen molar-refractivity contribution in [1.82, 2.24) is 0 Å². The van der Waals surface area contributed by atoms with Crippen LogP contribution in [-0.2, 0) is 9.31 Å². The standard InChI is InChI=1S/C13H23BO2.C2H6/c1-5-13-10-7-9(12(10,3)4)8-11(13)15-14(6-2)16-13;1-2/h9-11H,5-8H2,1-4H3;1-2H3/t9?,10?,11?,13-;/m0./s1. The minimum atomic E-state index is 0.0406. The number of hydrogen-bond donors (Lipinski definition) is 0. The van der Waals surface area contributed by atoms with Gasteiger partial charge in [0.05, 0.1) is 11.7 Å². The van der Waals surface area contributed by atoms with Crippen molar-refractivity contribution in [3.05, 3.63) is 0 Å². The minimum absolute atomic E-state index is 0.0406. The molecule has 0 aromatic carbocycles. The Morgan fingerprint density at radius 1 is 1.17 bits per heavy atom. The molecule has 4 rings (SSSR count). The second-order valence-electron chi connectivity index (χ2n) is 6.43. The highest BCUT2D eigenvalue weighted by Crippen LogP contribution is 2.66. The Kier molecular flexibility index (Phi) is 3.86. The molecule has 2 nitrogen and oxygen atoms in total. The van der Waals surface area contributed by atoms with Crippen molar-refractivity contribution in [2.75, 3.05) is 0 Å². The topological polar surface area (TPSA) is 18.5 Å². The molecule has 0 aromatic heterocycles. The first-order valence-corrected chi connectivity index (χ1v) is 7.87. The summed E-state index contributed by atoms with van der Waals surface area (Å²) in [6, 6.07) is 0. The van der Waals surface area contributed by atoms with Crippen LogP contribution in [0.4, 0.5) is 0 Å². The van der Waals surface area contributed by atoms with Gasteiger partial charge < -0.3 is 9.31 Å². The molecule has 3 heteroatoms. The third-order valence-electron chi connectivity index (χ3n) is 5.66. The van der Waals surface area contributed by atoms with E-state index in [-0.39, 0.29) is 12.7 Å². The van der Waals surface area contributed by atoms with Gasteiger partial charge in [0.2, 0.25) is 0 Å². The Morgan fingerprint density at radius 2 is 1.83 bits per heavy atom. The summed E-state index contributed by atoms with van der Waals surface area (Å²) in [7, 11) is 0.0556. The molecule has 0 radical (unpaired) electrons. The normalized spacial score (nSPS) is 43.7. The van der Waals surface area contributed by atoms with E-state index in [2.05, 4.69) is 27.7 Å². The molecule has 18 heavy (non-hydrogen) atoms. The van der Waals surface area contributed by atoms with Crippen molar-refractivity contribution >= 4 is 7.12 Å². The maximum Gasteiger partial charge on any atom is 0.457 e. The fourth-order valence-electron chi connectivity index (χ4n) is 4.45. The largest absolute Gasteiger partial charge is 0.457 e. The van der Waals surface area contributed by atoms with Gasteiger partial charge in [0, 0.05) is 0 Å². The van der Waals surface area contributed by atoms with Gasteiger partial charge in [-0.2, -0.15) is 0 Å². The molecule has 4 atom stereocenters. The molecule has 1 heterocycles. The summed E-state index contributed by atoms with van der Waals surface area (Å²) in [6.45, 7) is 13.3. The predicted octanol–water partition coefficient (Wildman–Crippen LogP) is 4.15. The van der Waals surface area contributed by atoms with E-state index in [1.54, 1.807) is 0 Å². The highest BCUT2D eigenvalue weighted by molar-refractivity contribution is 6.45. The molecule has 104 valence electrons. The summed E-state index contributed by atoms with van der Waals surface area (Å²) in [5.41, 5.74) is 0.511. The van der Waals surface area contributed by atoms with Crippen molar-refractivity contribution in [2.24, 2.45) is 17.3 Å². The quantitative estimate of drug-likeness (QED) is 0.687. The molecule has 0 aromatic rings. The van der Waals surface area contributed by atoms with Gasteiger partial charge in [0.25, 0.3) is 0 Å². The second-order valence-corrected chi connectivity index (χ2v) is 6.43. The summed E-state index contributed by atoms with van der Waals surface area (Å²) in [6.07, 6.45) is 5.04. The van der Waals surface area contributed by atoms with Crippen LogP contribution >= 0.6 is 0 Å². The van der Waals surface area contributed by atoms with E-state index >= 15 is 0 Å². The van der Waals surface area contributed by atoms with E-state index in [0.717, 1.165) is 18.7 Å². The predicted molar refractivity (Wildman–Crippen MR) is 76.6 cm³/mol. The zero-order valence-electron chi connectivity index (χ0n) is 13.0. The lowest BCUT2D eigenvalue weighted by atomic mass is 9.43. The van der Waals surface area contributed by atoms with Gasteiger partial charge in [-0.3, -0.25) is 0 Å². The van der Waals surface area contributed by atoms with Crippen molar-refractivity contribution in [3.63, 3.8) is 0 Å². The van der Waals surface area contributed by atoms with Crippen molar-refractivity contribution in [3.8, 4) is 0 Å². The van der Waals surface area contributed by atoms with Crippen LogP contribution in [0.2, 0.25) is 6.32 Å². The minimum Gasteiger partial charge on any atom is -0.405 e. The highest BCUT2D eigenvalue weighted by atomic mass is 16.7. The Morgan fingerprint density at radius 3 is 2.33 bits per heavy atom. The van der Waals surface area contributed by atoms with Crippen molar-refractivity contribution < 1.29 is 9.31 Å². The Hall–Kier alpha value is -0.0151. The first-order valence-electron chi connectivity index (χ1n) is 7.87. The Labute approximate surface area is 113 Å². The van der Waals surface area contributed by atoms with Gasteiger partial charge in [0.15, 0.2) is 0 Å². The van der Waals surface area contributed by atoms with Crippen LogP contribution in [-0.4, -0.2) is 18.8 Å². The molecule has 1 saturated heterocycles. The molecule has 4 fully saturated rings. The first kappa shape index (κ1) is 14.4. The van der Waals surface area contributed by atoms with Gasteiger partial charge in [-0.25, -0.2) is 0 Å². The summed E-state index contributed by atoms with van der Waals surface area (Å²) in [4.78, 5) is 0. The van der Waals surface area contributed by atoms with Crippen LogP contribution in [0.1, 0.15) is 60.8 Å². The fourth-order valence-corrected chi connectivity index (χ4v) is 4.45. The zero-order chi connectivity index (χ0) is 13.6. The fraction of sp³-hybridized carbons (Fsp3) is 1.00. The lowest BCUT2D eigenvalue weighted by Crippen LogP contribution is -2.66. The first-order chi connectivity index (χ1) is 8.54. The molecule has 3 aliphatic carbocycles. The van der Waals surface area contributed by atoms with Crippen LogP contribution < -0.4 is 0 Å². The van der Waals surface area contributed by atoms with Gasteiger partial charge in [-0.1, -0.05) is 41.5 Å². The molecule has 0 amide bonds. The van der Waals surface area contributed by atoms with E-state index < -0.39 is 0 Å². The van der Waals surface area contributed by atoms with Crippen LogP contribution in [0.15, 0.2) is 0 Å². The van der Waals surface area contributed by atoms with E-state index in [4.69, 9.17) is 9.31 Å². The van der Waals surface area contributed by atoms with Gasteiger partial charge >= 0.3 is 7.12 Å². The van der Waals surface area contributed by atoms with Gasteiger partial charge in [0.1, 0.15) is 0 Å². The number of hydrogen-bond acceptors (Lipinski definition) is 2. The molecule has 2 bridgehead atoms. The van der Waals surface area contributed by atoms with E-state index in [0.29, 0.717) is 17.4 Å². The summed E-state index contributed by atoms with van der Waals surface area (Å²) < 4.78 is 12.4. The molecular formula is C15H29BO2. The van der Waals surface area contributed by atoms with Crippen molar-refractivity contribution in [1.29, 1.82) is 0 Å². The average Bonchev–Trinajstić information content (AvgIpc) is 2.79. The summed E-state index contributed by atoms with van der Waals surface area (Å²) in [5, 5.41) is 0. The van der Waals surface area contributed by atoms with Crippen LogP contribution in [0.25, 0.3) is 0 Å². The summed E-state index contributed by atoms with van der Waals surface area (Å²) >= 11 is 0. The lowest BCUT2D eigenvalue weighted by Gasteiger charge is -2.65. The smallest absolute Gasteiger partial charge is 0.405 e. The maximum atomic E-state index is 6.31. The molecule has 4 aliphatic rings.